The summed E-state index contributed by atoms with van der Waals surface area (Å²) in [6.45, 7) is 2.22. The summed E-state index contributed by atoms with van der Waals surface area (Å²) in [5, 5.41) is 3.37. The van der Waals surface area contributed by atoms with E-state index in [4.69, 9.17) is 9.47 Å². The van der Waals surface area contributed by atoms with E-state index in [9.17, 15) is 4.79 Å². The Morgan fingerprint density at radius 1 is 0.724 bits per heavy atom. The van der Waals surface area contributed by atoms with Crippen LogP contribution in [0.2, 0.25) is 0 Å². The summed E-state index contributed by atoms with van der Waals surface area (Å²) >= 11 is 0. The summed E-state index contributed by atoms with van der Waals surface area (Å²) in [6.07, 6.45) is -0.888. The van der Waals surface area contributed by atoms with Crippen molar-refractivity contribution in [2.24, 2.45) is 0 Å². The van der Waals surface area contributed by atoms with E-state index in [0.29, 0.717) is 13.2 Å². The molecule has 3 nitrogen and oxygen atoms in total. The number of Topliss-reactive ketones (excluding diaryl/α,β-unsaturated/α-hetero) is 1. The first-order valence-electron chi connectivity index (χ1n) is 9.91. The van der Waals surface area contributed by atoms with Crippen LogP contribution < -0.4 is 15.9 Å². The monoisotopic (exact) mass is 406 g/mol. The summed E-state index contributed by atoms with van der Waals surface area (Å²) in [7, 11) is 0. The quantitative estimate of drug-likeness (QED) is 0.401. The maximum Gasteiger partial charge on any atom is 0.222 e. The molecule has 0 saturated heterocycles. The highest BCUT2D eigenvalue weighted by Gasteiger charge is 2.28. The average molecular weight is 406 g/mol. The number of ether oxygens (including phenoxy) is 2. The van der Waals surface area contributed by atoms with E-state index in [1.807, 2.05) is 74.2 Å². The second-order valence-corrected chi connectivity index (χ2v) is 9.76. The Labute approximate surface area is 173 Å². The molecule has 150 valence electrons. The summed E-state index contributed by atoms with van der Waals surface area (Å²) in [5.74, 6) is 1.72. The number of carbonyl (C=O) groups is 1. The first-order chi connectivity index (χ1) is 14.2. The number of rotatable bonds is 9. The van der Waals surface area contributed by atoms with Crippen LogP contribution in [0.3, 0.4) is 0 Å². The number of ketones is 1. The van der Waals surface area contributed by atoms with Gasteiger partial charge in [-0.25, -0.2) is 0 Å². The predicted octanol–water partition coefficient (Wildman–Crippen LogP) is 3.75. The van der Waals surface area contributed by atoms with Gasteiger partial charge in [0.05, 0.1) is 0 Å². The van der Waals surface area contributed by atoms with Crippen molar-refractivity contribution in [2.75, 3.05) is 13.2 Å². The van der Waals surface area contributed by atoms with Crippen molar-refractivity contribution in [1.29, 1.82) is 0 Å². The Kier molecular flexibility index (Phi) is 7.60. The first-order valence-corrected chi connectivity index (χ1v) is 11.8. The first kappa shape index (κ1) is 21.3. The zero-order chi connectivity index (χ0) is 20.5. The van der Waals surface area contributed by atoms with E-state index < -0.39 is 13.2 Å². The molecule has 0 unspecified atom stereocenters. The van der Waals surface area contributed by atoms with Crippen molar-refractivity contribution in [2.45, 2.75) is 20.1 Å². The van der Waals surface area contributed by atoms with Gasteiger partial charge in [-0.1, -0.05) is 91.0 Å². The molecule has 0 fully saturated rings. The fraction of sp³-hybridized carbons (Fsp3) is 0.200. The Morgan fingerprint density at radius 2 is 1.07 bits per heavy atom. The smallest absolute Gasteiger partial charge is 0.222 e. The van der Waals surface area contributed by atoms with Gasteiger partial charge in [-0.05, 0) is 42.4 Å². The lowest BCUT2D eigenvalue weighted by atomic mass is 10.4. The van der Waals surface area contributed by atoms with E-state index in [2.05, 4.69) is 36.4 Å². The van der Waals surface area contributed by atoms with Gasteiger partial charge in [-0.2, -0.15) is 0 Å². The summed E-state index contributed by atoms with van der Waals surface area (Å²) in [4.78, 5) is 13.4. The number of benzene rings is 3. The van der Waals surface area contributed by atoms with Crippen LogP contribution in [0.4, 0.5) is 0 Å². The van der Waals surface area contributed by atoms with Gasteiger partial charge in [-0.15, -0.1) is 0 Å². The molecule has 29 heavy (non-hydrogen) atoms. The number of carbonyl (C=O) groups excluding carboxylic acids is 1. The maximum atomic E-state index is 13.4. The van der Waals surface area contributed by atoms with E-state index in [1.54, 1.807) is 0 Å². The van der Waals surface area contributed by atoms with Crippen LogP contribution in [0.25, 0.3) is 0 Å². The van der Waals surface area contributed by atoms with Crippen LogP contribution in [0.5, 0.6) is 0 Å². The van der Waals surface area contributed by atoms with Gasteiger partial charge in [0.2, 0.25) is 12.1 Å². The third kappa shape index (κ3) is 4.76. The molecule has 0 heterocycles. The molecule has 0 N–H and O–H groups in total. The van der Waals surface area contributed by atoms with Crippen molar-refractivity contribution in [3.8, 4) is 0 Å². The van der Waals surface area contributed by atoms with Gasteiger partial charge in [-0.3, -0.25) is 4.79 Å². The van der Waals surface area contributed by atoms with E-state index >= 15 is 0 Å². The van der Waals surface area contributed by atoms with Crippen LogP contribution in [0.15, 0.2) is 91.0 Å². The molecule has 0 aliphatic carbocycles. The fourth-order valence-electron chi connectivity index (χ4n) is 3.43. The lowest BCUT2D eigenvalue weighted by molar-refractivity contribution is -0.160. The van der Waals surface area contributed by atoms with Gasteiger partial charge >= 0.3 is 0 Å². The van der Waals surface area contributed by atoms with Crippen molar-refractivity contribution in [3.05, 3.63) is 91.0 Å². The van der Waals surface area contributed by atoms with Crippen molar-refractivity contribution < 1.29 is 14.3 Å². The minimum absolute atomic E-state index is 0.140. The average Bonchev–Trinajstić information content (AvgIpc) is 2.79. The third-order valence-corrected chi connectivity index (χ3v) is 8.66. The molecule has 3 aromatic carbocycles. The van der Waals surface area contributed by atoms with Crippen molar-refractivity contribution in [3.63, 3.8) is 0 Å². The minimum Gasteiger partial charge on any atom is -0.346 e. The van der Waals surface area contributed by atoms with E-state index in [0.717, 1.165) is 15.9 Å². The Balaban J connectivity index is 2.32. The van der Waals surface area contributed by atoms with Crippen LogP contribution in [0, 0.1) is 0 Å². The Morgan fingerprint density at radius 3 is 1.38 bits per heavy atom. The molecule has 0 amide bonds. The molecule has 0 radical (unpaired) electrons. The van der Waals surface area contributed by atoms with Gasteiger partial charge in [0.15, 0.2) is 0 Å². The second kappa shape index (κ2) is 10.4. The number of hydrogen-bond acceptors (Lipinski definition) is 3. The topological polar surface area (TPSA) is 35.5 Å². The molecular formula is C25H27O3P. The maximum absolute atomic E-state index is 13.4. The molecule has 3 rings (SSSR count). The second-order valence-electron chi connectivity index (χ2n) is 6.50. The number of hydrogen-bond donors (Lipinski definition) is 0. The highest BCUT2D eigenvalue weighted by Crippen LogP contribution is 2.43. The molecular weight excluding hydrogens is 379 g/mol. The fourth-order valence-corrected chi connectivity index (χ4v) is 7.20. The Bertz CT molecular complexity index is 844. The highest BCUT2D eigenvalue weighted by molar-refractivity contribution is 7.95. The summed E-state index contributed by atoms with van der Waals surface area (Å²) in [5.41, 5.74) is 0. The van der Waals surface area contributed by atoms with E-state index in [-0.39, 0.29) is 5.78 Å². The van der Waals surface area contributed by atoms with E-state index in [1.165, 1.54) is 0 Å². The van der Waals surface area contributed by atoms with Gasteiger partial charge in [0.1, 0.15) is 0 Å². The molecule has 0 atom stereocenters. The lowest BCUT2D eigenvalue weighted by Crippen LogP contribution is -2.34. The molecule has 0 aliphatic rings. The van der Waals surface area contributed by atoms with Gasteiger partial charge in [0.25, 0.3) is 0 Å². The van der Waals surface area contributed by atoms with Crippen LogP contribution in [-0.4, -0.2) is 31.1 Å². The molecule has 3 aromatic rings. The highest BCUT2D eigenvalue weighted by atomic mass is 31.2. The van der Waals surface area contributed by atoms with Crippen molar-refractivity contribution in [1.82, 2.24) is 0 Å². The van der Waals surface area contributed by atoms with Crippen LogP contribution >= 0.6 is 6.89 Å². The SMILES string of the molecule is CCOC(OCC)C(=O)C=P(c1ccccc1)(c1ccccc1)c1ccccc1. The largest absolute Gasteiger partial charge is 0.346 e. The van der Waals surface area contributed by atoms with Crippen LogP contribution in [0.1, 0.15) is 13.8 Å². The summed E-state index contributed by atoms with van der Waals surface area (Å²) in [6, 6.07) is 30.8. The zero-order valence-corrected chi connectivity index (χ0v) is 17.8. The molecule has 0 aromatic heterocycles. The standard InChI is InChI=1S/C25H27O3P/c1-3-27-25(28-4-2)24(26)20-29(21-14-8-5-9-15-21,22-16-10-6-11-17-22)23-18-12-7-13-19-23/h5-20,25H,3-4H2,1-2H3. The predicted molar refractivity (Wildman–Crippen MR) is 123 cm³/mol. The summed E-state index contributed by atoms with van der Waals surface area (Å²) < 4.78 is 11.2. The van der Waals surface area contributed by atoms with Gasteiger partial charge < -0.3 is 9.47 Å². The molecule has 0 saturated carbocycles. The Hall–Kier alpha value is -2.45. The molecule has 0 bridgehead atoms. The van der Waals surface area contributed by atoms with Crippen LogP contribution in [-0.2, 0) is 14.3 Å². The third-order valence-electron chi connectivity index (χ3n) is 4.68. The molecule has 0 spiro atoms. The van der Waals surface area contributed by atoms with Crippen molar-refractivity contribution >= 4 is 34.4 Å². The lowest BCUT2D eigenvalue weighted by Gasteiger charge is -2.29. The minimum atomic E-state index is -2.35. The normalized spacial score (nSPS) is 11.4. The van der Waals surface area contributed by atoms with Gasteiger partial charge in [0, 0.05) is 13.2 Å². The molecule has 0 aliphatic heterocycles. The zero-order valence-electron chi connectivity index (χ0n) is 16.9. The molecule has 4 heteroatoms.